The summed E-state index contributed by atoms with van der Waals surface area (Å²) >= 11 is 0. The highest BCUT2D eigenvalue weighted by Crippen LogP contribution is 2.41. The first-order chi connectivity index (χ1) is 25.2. The largest absolute Gasteiger partial charge is 0.455 e. The molecule has 0 amide bonds. The lowest BCUT2D eigenvalue weighted by Crippen LogP contribution is -2.00. The molecule has 2 aromatic heterocycles. The van der Waals surface area contributed by atoms with Gasteiger partial charge >= 0.3 is 0 Å². The van der Waals surface area contributed by atoms with Crippen molar-refractivity contribution in [2.75, 3.05) is 0 Å². The van der Waals surface area contributed by atoms with Gasteiger partial charge in [0.25, 0.3) is 0 Å². The maximum Gasteiger partial charge on any atom is 0.164 e. The quantitative estimate of drug-likeness (QED) is 0.186. The van der Waals surface area contributed by atoms with E-state index in [9.17, 15) is 0 Å². The van der Waals surface area contributed by atoms with Gasteiger partial charge in [-0.2, -0.15) is 0 Å². The fraction of sp³-hybridized carbons (Fsp3) is 0. The third-order valence-corrected chi connectivity index (χ3v) is 9.72. The van der Waals surface area contributed by atoms with Crippen molar-refractivity contribution in [3.05, 3.63) is 176 Å². The van der Waals surface area contributed by atoms with Crippen LogP contribution in [0.1, 0.15) is 0 Å². The molecular weight excluding hydrogens is 623 g/mol. The minimum Gasteiger partial charge on any atom is -0.455 e. The molecule has 0 fully saturated rings. The van der Waals surface area contributed by atoms with Crippen molar-refractivity contribution in [1.82, 2.24) is 15.0 Å². The van der Waals surface area contributed by atoms with E-state index in [1.54, 1.807) is 0 Å². The number of rotatable bonds is 5. The lowest BCUT2D eigenvalue weighted by Gasteiger charge is -2.12. The SMILES string of the molecule is c1ccc(-c2ccc3c(c2)c(-c2nc(-c4ccccc4)nc(-c4ccc(-c5ccc6ccccc6c5)cc4)n2)cc2c4ccccc4oc32)cc1. The van der Waals surface area contributed by atoms with Gasteiger partial charge in [0.2, 0.25) is 0 Å². The number of para-hydroxylation sites is 1. The van der Waals surface area contributed by atoms with Gasteiger partial charge in [-0.05, 0) is 68.7 Å². The molecule has 2 heterocycles. The summed E-state index contributed by atoms with van der Waals surface area (Å²) in [6.07, 6.45) is 0. The zero-order valence-corrected chi connectivity index (χ0v) is 27.5. The Morgan fingerprint density at radius 2 is 0.863 bits per heavy atom. The standard InChI is InChI=1S/C47H29N3O/c1-3-11-30(12-4-1)37-25-26-39-40(28-37)42(29-41-38-17-9-10-18-43(38)51-44(39)41)47-49-45(33-14-5-2-6-15-33)48-46(50-47)34-22-19-32(20-23-34)36-24-21-31-13-7-8-16-35(31)27-36/h1-29H. The van der Waals surface area contributed by atoms with Crippen LogP contribution >= 0.6 is 0 Å². The fourth-order valence-electron chi connectivity index (χ4n) is 7.11. The predicted octanol–water partition coefficient (Wildman–Crippen LogP) is 12.4. The molecule has 0 aliphatic heterocycles. The Morgan fingerprint density at radius 3 is 1.65 bits per heavy atom. The summed E-state index contributed by atoms with van der Waals surface area (Å²) in [6, 6.07) is 61.1. The van der Waals surface area contributed by atoms with Crippen LogP contribution in [0, 0.1) is 0 Å². The van der Waals surface area contributed by atoms with Crippen LogP contribution in [0.4, 0.5) is 0 Å². The van der Waals surface area contributed by atoms with Crippen molar-refractivity contribution >= 4 is 43.5 Å². The molecule has 0 saturated carbocycles. The van der Waals surface area contributed by atoms with Crippen LogP contribution < -0.4 is 0 Å². The van der Waals surface area contributed by atoms with E-state index in [0.717, 1.165) is 66.1 Å². The maximum atomic E-state index is 6.51. The zero-order chi connectivity index (χ0) is 33.7. The Bertz CT molecular complexity index is 2900. The molecule has 0 atom stereocenters. The van der Waals surface area contributed by atoms with Crippen molar-refractivity contribution in [2.24, 2.45) is 0 Å². The molecule has 10 aromatic rings. The number of hydrogen-bond donors (Lipinski definition) is 0. The molecule has 0 saturated heterocycles. The minimum absolute atomic E-state index is 0.611. The Balaban J connectivity index is 1.19. The normalized spacial score (nSPS) is 11.5. The van der Waals surface area contributed by atoms with Gasteiger partial charge in [0.1, 0.15) is 11.2 Å². The van der Waals surface area contributed by atoms with E-state index < -0.39 is 0 Å². The first kappa shape index (κ1) is 29.0. The van der Waals surface area contributed by atoms with Crippen LogP contribution in [0.3, 0.4) is 0 Å². The van der Waals surface area contributed by atoms with Crippen molar-refractivity contribution in [1.29, 1.82) is 0 Å². The van der Waals surface area contributed by atoms with E-state index in [4.69, 9.17) is 19.4 Å². The predicted molar refractivity (Wildman–Crippen MR) is 209 cm³/mol. The van der Waals surface area contributed by atoms with Crippen molar-refractivity contribution in [3.63, 3.8) is 0 Å². The first-order valence-electron chi connectivity index (χ1n) is 17.1. The van der Waals surface area contributed by atoms with E-state index in [0.29, 0.717) is 17.5 Å². The number of hydrogen-bond acceptors (Lipinski definition) is 4. The summed E-state index contributed by atoms with van der Waals surface area (Å²) in [5.41, 5.74) is 9.05. The smallest absolute Gasteiger partial charge is 0.164 e. The summed E-state index contributed by atoms with van der Waals surface area (Å²) in [5, 5.41) is 6.58. The summed E-state index contributed by atoms with van der Waals surface area (Å²) in [4.78, 5) is 15.4. The van der Waals surface area contributed by atoms with Crippen molar-refractivity contribution in [3.8, 4) is 56.4 Å². The van der Waals surface area contributed by atoms with Crippen LogP contribution in [0.15, 0.2) is 180 Å². The molecule has 0 aliphatic carbocycles. The Labute approximate surface area is 294 Å². The van der Waals surface area contributed by atoms with Gasteiger partial charge in [-0.15, -0.1) is 0 Å². The van der Waals surface area contributed by atoms with Crippen molar-refractivity contribution in [2.45, 2.75) is 0 Å². The number of aromatic nitrogens is 3. The lowest BCUT2D eigenvalue weighted by molar-refractivity contribution is 0.672. The molecule has 0 spiro atoms. The molecule has 51 heavy (non-hydrogen) atoms. The second-order valence-electron chi connectivity index (χ2n) is 12.8. The lowest BCUT2D eigenvalue weighted by atomic mass is 9.95. The van der Waals surface area contributed by atoms with Crippen LogP contribution in [0.5, 0.6) is 0 Å². The van der Waals surface area contributed by atoms with E-state index in [-0.39, 0.29) is 0 Å². The summed E-state index contributed by atoms with van der Waals surface area (Å²) in [7, 11) is 0. The number of furan rings is 1. The average molecular weight is 652 g/mol. The van der Waals surface area contributed by atoms with Gasteiger partial charge in [-0.3, -0.25) is 0 Å². The van der Waals surface area contributed by atoms with Crippen LogP contribution in [0.2, 0.25) is 0 Å². The van der Waals surface area contributed by atoms with Crippen molar-refractivity contribution < 1.29 is 4.42 Å². The Kier molecular flexibility index (Phi) is 6.78. The second-order valence-corrected chi connectivity index (χ2v) is 12.8. The van der Waals surface area contributed by atoms with E-state index in [1.165, 1.54) is 16.3 Å². The Hall–Kier alpha value is -6.91. The third kappa shape index (κ3) is 5.13. The molecule has 10 rings (SSSR count). The number of benzene rings is 8. The molecule has 0 aliphatic rings. The maximum absolute atomic E-state index is 6.51. The van der Waals surface area contributed by atoms with Gasteiger partial charge in [0.15, 0.2) is 17.5 Å². The van der Waals surface area contributed by atoms with E-state index >= 15 is 0 Å². The summed E-state index contributed by atoms with van der Waals surface area (Å²) in [5.74, 6) is 1.85. The molecule has 0 unspecified atom stereocenters. The average Bonchev–Trinajstić information content (AvgIpc) is 3.59. The van der Waals surface area contributed by atoms with Gasteiger partial charge in [0, 0.05) is 32.8 Å². The van der Waals surface area contributed by atoms with Crippen LogP contribution in [-0.4, -0.2) is 15.0 Å². The highest BCUT2D eigenvalue weighted by molar-refractivity contribution is 6.19. The molecule has 0 bridgehead atoms. The van der Waals surface area contributed by atoms with E-state index in [2.05, 4.69) is 127 Å². The molecule has 0 radical (unpaired) electrons. The summed E-state index contributed by atoms with van der Waals surface area (Å²) < 4.78 is 6.51. The van der Waals surface area contributed by atoms with Gasteiger partial charge in [-0.25, -0.2) is 15.0 Å². The molecule has 4 nitrogen and oxygen atoms in total. The van der Waals surface area contributed by atoms with Gasteiger partial charge in [0.05, 0.1) is 0 Å². The first-order valence-corrected chi connectivity index (χ1v) is 17.1. The van der Waals surface area contributed by atoms with Crippen LogP contribution in [0.25, 0.3) is 99.9 Å². The highest BCUT2D eigenvalue weighted by Gasteiger charge is 2.19. The monoisotopic (exact) mass is 651 g/mol. The van der Waals surface area contributed by atoms with Gasteiger partial charge in [-0.1, -0.05) is 146 Å². The van der Waals surface area contributed by atoms with E-state index in [1.807, 2.05) is 48.5 Å². The number of fused-ring (bicyclic) bond motifs is 6. The molecular formula is C47H29N3O. The topological polar surface area (TPSA) is 51.8 Å². The summed E-state index contributed by atoms with van der Waals surface area (Å²) in [6.45, 7) is 0. The third-order valence-electron chi connectivity index (χ3n) is 9.72. The highest BCUT2D eigenvalue weighted by atomic mass is 16.3. The minimum atomic E-state index is 0.611. The fourth-order valence-corrected chi connectivity index (χ4v) is 7.11. The molecule has 4 heteroatoms. The van der Waals surface area contributed by atoms with Crippen LogP contribution in [-0.2, 0) is 0 Å². The number of nitrogens with zero attached hydrogens (tertiary/aromatic N) is 3. The Morgan fingerprint density at radius 1 is 0.314 bits per heavy atom. The zero-order valence-electron chi connectivity index (χ0n) is 27.5. The molecule has 238 valence electrons. The van der Waals surface area contributed by atoms with Gasteiger partial charge < -0.3 is 4.42 Å². The molecule has 0 N–H and O–H groups in total. The molecule has 8 aromatic carbocycles. The second kappa shape index (κ2) is 11.9.